The molecule has 1 heterocycles. The summed E-state index contributed by atoms with van der Waals surface area (Å²) in [5.74, 6) is -0.290. The van der Waals surface area contributed by atoms with Gasteiger partial charge in [0.2, 0.25) is 0 Å². The lowest BCUT2D eigenvalue weighted by Gasteiger charge is -1.98. The molecule has 104 valence electrons. The van der Waals surface area contributed by atoms with Crippen LogP contribution in [0.4, 0.5) is 5.13 Å². The number of carbonyl (C=O) groups is 1. The molecular weight excluding hydrogens is 340 g/mol. The predicted molar refractivity (Wildman–Crippen MR) is 85.1 cm³/mol. The van der Waals surface area contributed by atoms with E-state index in [4.69, 9.17) is 5.73 Å². The van der Waals surface area contributed by atoms with E-state index in [0.29, 0.717) is 22.1 Å². The number of hydrogen-bond donors (Lipinski definition) is 2. The summed E-state index contributed by atoms with van der Waals surface area (Å²) in [7, 11) is 0. The van der Waals surface area contributed by atoms with Crippen LogP contribution in [0.2, 0.25) is 0 Å². The van der Waals surface area contributed by atoms with Crippen molar-refractivity contribution in [2.24, 2.45) is 5.10 Å². The maximum atomic E-state index is 12.0. The van der Waals surface area contributed by atoms with Crippen molar-refractivity contribution in [3.63, 3.8) is 0 Å². The number of rotatable bonds is 4. The first-order chi connectivity index (χ1) is 9.60. The number of aromatic nitrogens is 1. The van der Waals surface area contributed by atoms with Crippen LogP contribution in [0.1, 0.15) is 27.9 Å². The van der Waals surface area contributed by atoms with E-state index < -0.39 is 0 Å². The van der Waals surface area contributed by atoms with Crippen LogP contribution in [0.15, 0.2) is 33.8 Å². The highest BCUT2D eigenvalue weighted by atomic mass is 79.9. The van der Waals surface area contributed by atoms with E-state index >= 15 is 0 Å². The van der Waals surface area contributed by atoms with Gasteiger partial charge < -0.3 is 5.73 Å². The molecule has 0 bridgehead atoms. The van der Waals surface area contributed by atoms with Crippen LogP contribution in [0, 0.1) is 0 Å². The Balaban J connectivity index is 2.05. The van der Waals surface area contributed by atoms with Crippen LogP contribution < -0.4 is 11.2 Å². The van der Waals surface area contributed by atoms with Crippen LogP contribution in [0.3, 0.4) is 0 Å². The van der Waals surface area contributed by atoms with Crippen LogP contribution >= 0.6 is 27.3 Å². The molecule has 0 radical (unpaired) electrons. The third-order valence-electron chi connectivity index (χ3n) is 2.48. The molecule has 5 nitrogen and oxygen atoms in total. The van der Waals surface area contributed by atoms with Crippen molar-refractivity contribution in [3.05, 3.63) is 44.9 Å². The molecule has 2 aromatic rings. The van der Waals surface area contributed by atoms with E-state index in [2.05, 4.69) is 31.4 Å². The summed E-state index contributed by atoms with van der Waals surface area (Å²) in [4.78, 5) is 16.6. The van der Waals surface area contributed by atoms with Gasteiger partial charge in [-0.3, -0.25) is 4.79 Å². The Morgan fingerprint density at radius 1 is 1.60 bits per heavy atom. The van der Waals surface area contributed by atoms with Gasteiger partial charge in [0.05, 0.1) is 11.9 Å². The van der Waals surface area contributed by atoms with E-state index in [9.17, 15) is 4.79 Å². The van der Waals surface area contributed by atoms with Gasteiger partial charge in [0.1, 0.15) is 4.88 Å². The third-order valence-corrected chi connectivity index (χ3v) is 3.90. The van der Waals surface area contributed by atoms with E-state index in [1.165, 1.54) is 11.3 Å². The quantitative estimate of drug-likeness (QED) is 0.655. The van der Waals surface area contributed by atoms with Crippen molar-refractivity contribution >= 4 is 44.5 Å². The standard InChI is InChI=1S/C13H13BrN4OS/c1-2-10-11(20-13(15)17-10)12(19)18-16-7-8-4-3-5-9(14)6-8/h3-7H,2H2,1H3,(H2,15,17)(H,18,19). The first kappa shape index (κ1) is 14.7. The number of nitrogens with zero attached hydrogens (tertiary/aromatic N) is 2. The predicted octanol–water partition coefficient (Wildman–Crippen LogP) is 2.81. The van der Waals surface area contributed by atoms with E-state index in [-0.39, 0.29) is 5.91 Å². The molecule has 0 aliphatic heterocycles. The fraction of sp³-hybridized carbons (Fsp3) is 0.154. The number of hydrogen-bond acceptors (Lipinski definition) is 5. The largest absolute Gasteiger partial charge is 0.375 e. The second-order valence-electron chi connectivity index (χ2n) is 3.94. The highest BCUT2D eigenvalue weighted by Gasteiger charge is 2.15. The molecule has 20 heavy (non-hydrogen) atoms. The van der Waals surface area contributed by atoms with Gasteiger partial charge in [-0.05, 0) is 24.1 Å². The maximum absolute atomic E-state index is 12.0. The summed E-state index contributed by atoms with van der Waals surface area (Å²) < 4.78 is 0.955. The molecule has 0 fully saturated rings. The van der Waals surface area contributed by atoms with Crippen LogP contribution in [0.5, 0.6) is 0 Å². The number of halogens is 1. The van der Waals surface area contributed by atoms with Gasteiger partial charge in [0.25, 0.3) is 5.91 Å². The zero-order valence-electron chi connectivity index (χ0n) is 10.8. The van der Waals surface area contributed by atoms with E-state index in [1.807, 2.05) is 31.2 Å². The summed E-state index contributed by atoms with van der Waals surface area (Å²) in [5.41, 5.74) is 9.68. The molecule has 0 atom stereocenters. The fourth-order valence-electron chi connectivity index (χ4n) is 1.59. The lowest BCUT2D eigenvalue weighted by atomic mass is 10.2. The average Bonchev–Trinajstić information content (AvgIpc) is 2.80. The number of amides is 1. The second-order valence-corrected chi connectivity index (χ2v) is 5.88. The smallest absolute Gasteiger partial charge is 0.283 e. The monoisotopic (exact) mass is 352 g/mol. The Morgan fingerprint density at radius 2 is 2.40 bits per heavy atom. The number of nitrogens with two attached hydrogens (primary N) is 1. The van der Waals surface area contributed by atoms with Crippen molar-refractivity contribution in [1.82, 2.24) is 10.4 Å². The van der Waals surface area contributed by atoms with Gasteiger partial charge in [-0.2, -0.15) is 5.10 Å². The van der Waals surface area contributed by atoms with Gasteiger partial charge in [-0.15, -0.1) is 0 Å². The van der Waals surface area contributed by atoms with Crippen LogP contribution in [-0.2, 0) is 6.42 Å². The number of nitrogen functional groups attached to an aromatic ring is 1. The first-order valence-electron chi connectivity index (χ1n) is 5.94. The SMILES string of the molecule is CCc1nc(N)sc1C(=O)NN=Cc1cccc(Br)c1. The average molecular weight is 353 g/mol. The molecule has 0 unspecified atom stereocenters. The van der Waals surface area contributed by atoms with Crippen LogP contribution in [0.25, 0.3) is 0 Å². The Kier molecular flexibility index (Phi) is 4.86. The minimum absolute atomic E-state index is 0.290. The first-order valence-corrected chi connectivity index (χ1v) is 7.55. The fourth-order valence-corrected chi connectivity index (χ4v) is 2.82. The summed E-state index contributed by atoms with van der Waals surface area (Å²) >= 11 is 4.54. The number of thiazole rings is 1. The molecule has 0 aliphatic carbocycles. The number of hydrazone groups is 1. The molecule has 3 N–H and O–H groups in total. The van der Waals surface area contributed by atoms with Crippen molar-refractivity contribution in [1.29, 1.82) is 0 Å². The minimum atomic E-state index is -0.290. The van der Waals surface area contributed by atoms with Gasteiger partial charge in [-0.1, -0.05) is 46.3 Å². The zero-order chi connectivity index (χ0) is 14.5. The topological polar surface area (TPSA) is 80.4 Å². The minimum Gasteiger partial charge on any atom is -0.375 e. The Morgan fingerprint density at radius 3 is 3.10 bits per heavy atom. The summed E-state index contributed by atoms with van der Waals surface area (Å²) in [6.07, 6.45) is 2.24. The summed E-state index contributed by atoms with van der Waals surface area (Å²) in [6.45, 7) is 1.93. The van der Waals surface area contributed by atoms with Gasteiger partial charge in [0, 0.05) is 4.47 Å². The number of aryl methyl sites for hydroxylation is 1. The molecule has 0 saturated carbocycles. The molecule has 1 aromatic carbocycles. The molecule has 7 heteroatoms. The second kappa shape index (κ2) is 6.62. The third kappa shape index (κ3) is 3.64. The number of nitrogens with one attached hydrogen (secondary N) is 1. The van der Waals surface area contributed by atoms with Crippen molar-refractivity contribution < 1.29 is 4.79 Å². The maximum Gasteiger partial charge on any atom is 0.283 e. The van der Waals surface area contributed by atoms with E-state index in [0.717, 1.165) is 10.0 Å². The molecule has 0 saturated heterocycles. The molecule has 1 amide bonds. The molecule has 2 rings (SSSR count). The molecular formula is C13H13BrN4OS. The van der Waals surface area contributed by atoms with Gasteiger partial charge in [0.15, 0.2) is 5.13 Å². The number of anilines is 1. The van der Waals surface area contributed by atoms with Crippen LogP contribution in [-0.4, -0.2) is 17.1 Å². The Hall–Kier alpha value is -1.73. The zero-order valence-corrected chi connectivity index (χ0v) is 13.2. The van der Waals surface area contributed by atoms with Gasteiger partial charge in [-0.25, -0.2) is 10.4 Å². The van der Waals surface area contributed by atoms with Crippen molar-refractivity contribution in [3.8, 4) is 0 Å². The lowest BCUT2D eigenvalue weighted by molar-refractivity contribution is 0.0958. The Bertz CT molecular complexity index is 654. The Labute approximate surface area is 129 Å². The number of benzene rings is 1. The molecule has 0 aliphatic rings. The van der Waals surface area contributed by atoms with Gasteiger partial charge >= 0.3 is 0 Å². The van der Waals surface area contributed by atoms with E-state index in [1.54, 1.807) is 6.21 Å². The summed E-state index contributed by atoms with van der Waals surface area (Å²) in [5, 5.41) is 4.33. The van der Waals surface area contributed by atoms with Crippen molar-refractivity contribution in [2.75, 3.05) is 5.73 Å². The highest BCUT2D eigenvalue weighted by molar-refractivity contribution is 9.10. The normalized spacial score (nSPS) is 10.9. The molecule has 1 aromatic heterocycles. The highest BCUT2D eigenvalue weighted by Crippen LogP contribution is 2.20. The summed E-state index contributed by atoms with van der Waals surface area (Å²) in [6, 6.07) is 7.61. The number of carbonyl (C=O) groups excluding carboxylic acids is 1. The van der Waals surface area contributed by atoms with Crippen molar-refractivity contribution in [2.45, 2.75) is 13.3 Å². The lowest BCUT2D eigenvalue weighted by Crippen LogP contribution is -2.17. The molecule has 0 spiro atoms.